The molecular weight excluding hydrogens is 496 g/mol. The van der Waals surface area contributed by atoms with Crippen LogP contribution in [0.5, 0.6) is 0 Å². The highest BCUT2D eigenvalue weighted by Crippen LogP contribution is 2.17. The Bertz CT molecular complexity index is 1140. The zero-order valence-electron chi connectivity index (χ0n) is 23.2. The Hall–Kier alpha value is -3.74. The molecule has 0 saturated heterocycles. The lowest BCUT2D eigenvalue weighted by Gasteiger charge is -2.32. The first-order chi connectivity index (χ1) is 18.6. The van der Waals surface area contributed by atoms with E-state index in [2.05, 4.69) is 10.6 Å². The van der Waals surface area contributed by atoms with E-state index in [4.69, 9.17) is 5.26 Å². The fourth-order valence-corrected chi connectivity index (χ4v) is 4.54. The van der Waals surface area contributed by atoms with E-state index in [1.807, 2.05) is 50.2 Å². The molecule has 4 N–H and O–H groups in total. The van der Waals surface area contributed by atoms with Gasteiger partial charge in [-0.25, -0.2) is 0 Å². The number of aliphatic hydroxyl groups excluding tert-OH is 2. The Labute approximate surface area is 230 Å². The first-order valence-corrected chi connectivity index (χ1v) is 13.4. The Balaban J connectivity index is 2.37. The van der Waals surface area contributed by atoms with Crippen molar-refractivity contribution in [3.05, 3.63) is 70.8 Å². The molecule has 4 atom stereocenters. The van der Waals surface area contributed by atoms with Gasteiger partial charge in [-0.3, -0.25) is 14.4 Å². The second-order valence-electron chi connectivity index (χ2n) is 9.80. The van der Waals surface area contributed by atoms with Crippen molar-refractivity contribution in [1.82, 2.24) is 15.5 Å². The first-order valence-electron chi connectivity index (χ1n) is 13.4. The largest absolute Gasteiger partial charge is 0.388 e. The van der Waals surface area contributed by atoms with Crippen molar-refractivity contribution in [1.29, 1.82) is 5.26 Å². The number of hydrogen-bond donors (Lipinski definition) is 4. The van der Waals surface area contributed by atoms with Gasteiger partial charge < -0.3 is 25.7 Å². The normalized spacial score (nSPS) is 13.9. The number of amides is 3. The SMILES string of the molecule is CCCN(CCC)C(=O)c1cc(C)cc(C(=O)NC(Cc2ccccc2)C(O)C(O)C(CC#N)NC(C)=O)c1. The van der Waals surface area contributed by atoms with Crippen molar-refractivity contribution in [3.63, 3.8) is 0 Å². The van der Waals surface area contributed by atoms with Crippen molar-refractivity contribution >= 4 is 17.7 Å². The zero-order valence-corrected chi connectivity index (χ0v) is 23.2. The third-order valence-corrected chi connectivity index (χ3v) is 6.35. The van der Waals surface area contributed by atoms with Gasteiger partial charge in [0.15, 0.2) is 0 Å². The average molecular weight is 537 g/mol. The summed E-state index contributed by atoms with van der Waals surface area (Å²) in [7, 11) is 0. The van der Waals surface area contributed by atoms with Crippen LogP contribution in [0.2, 0.25) is 0 Å². The fraction of sp³-hybridized carbons (Fsp3) is 0.467. The number of aliphatic hydroxyl groups is 2. The predicted molar refractivity (Wildman–Crippen MR) is 149 cm³/mol. The molecule has 210 valence electrons. The molecule has 0 fully saturated rings. The van der Waals surface area contributed by atoms with Crippen LogP contribution in [0.3, 0.4) is 0 Å². The molecule has 9 heteroatoms. The molecule has 0 heterocycles. The van der Waals surface area contributed by atoms with E-state index >= 15 is 0 Å². The van der Waals surface area contributed by atoms with Gasteiger partial charge in [0.2, 0.25) is 5.91 Å². The minimum Gasteiger partial charge on any atom is -0.388 e. The van der Waals surface area contributed by atoms with Crippen LogP contribution in [0.4, 0.5) is 0 Å². The van der Waals surface area contributed by atoms with Crippen LogP contribution in [0.25, 0.3) is 0 Å². The summed E-state index contributed by atoms with van der Waals surface area (Å²) in [6.07, 6.45) is -1.43. The lowest BCUT2D eigenvalue weighted by Crippen LogP contribution is -2.56. The van der Waals surface area contributed by atoms with Gasteiger partial charge in [-0.1, -0.05) is 44.2 Å². The van der Waals surface area contributed by atoms with Gasteiger partial charge in [-0.05, 0) is 55.5 Å². The molecule has 0 saturated carbocycles. The third-order valence-electron chi connectivity index (χ3n) is 6.35. The Morgan fingerprint density at radius 3 is 2.08 bits per heavy atom. The Morgan fingerprint density at radius 1 is 0.923 bits per heavy atom. The van der Waals surface area contributed by atoms with E-state index in [9.17, 15) is 24.6 Å². The molecule has 3 amide bonds. The summed E-state index contributed by atoms with van der Waals surface area (Å²) in [5.41, 5.74) is 2.20. The Kier molecular flexibility index (Phi) is 12.6. The van der Waals surface area contributed by atoms with Crippen LogP contribution >= 0.6 is 0 Å². The number of rotatable bonds is 14. The summed E-state index contributed by atoms with van der Waals surface area (Å²) in [6.45, 7) is 8.30. The van der Waals surface area contributed by atoms with Crippen molar-refractivity contribution in [3.8, 4) is 6.07 Å². The van der Waals surface area contributed by atoms with E-state index in [0.717, 1.165) is 24.0 Å². The van der Waals surface area contributed by atoms with Crippen molar-refractivity contribution < 1.29 is 24.6 Å². The van der Waals surface area contributed by atoms with E-state index in [0.29, 0.717) is 18.7 Å². The van der Waals surface area contributed by atoms with Gasteiger partial charge in [-0.2, -0.15) is 5.26 Å². The van der Waals surface area contributed by atoms with Crippen molar-refractivity contribution in [2.75, 3.05) is 13.1 Å². The number of aryl methyl sites for hydroxylation is 1. The number of nitriles is 1. The van der Waals surface area contributed by atoms with Crippen LogP contribution in [0, 0.1) is 18.3 Å². The van der Waals surface area contributed by atoms with Crippen LogP contribution in [-0.4, -0.2) is 70.2 Å². The standard InChI is InChI=1S/C30H40N4O5/c1-5-14-34(15-6-2)30(39)24-17-20(3)16-23(19-24)29(38)33-26(18-22-10-8-7-9-11-22)28(37)27(36)25(12-13-31)32-21(4)35/h7-11,16-17,19,25-28,36-37H,5-6,12,14-15,18H2,1-4H3,(H,32,35)(H,33,38). The number of carbonyl (C=O) groups is 3. The maximum absolute atomic E-state index is 13.4. The lowest BCUT2D eigenvalue weighted by atomic mass is 9.92. The summed E-state index contributed by atoms with van der Waals surface area (Å²) in [5.74, 6) is -1.13. The van der Waals surface area contributed by atoms with E-state index in [1.165, 1.54) is 6.92 Å². The topological polar surface area (TPSA) is 143 Å². The molecule has 0 aliphatic carbocycles. The summed E-state index contributed by atoms with van der Waals surface area (Å²) >= 11 is 0. The third kappa shape index (κ3) is 9.50. The molecule has 2 rings (SSSR count). The maximum atomic E-state index is 13.4. The number of benzene rings is 2. The highest BCUT2D eigenvalue weighted by Gasteiger charge is 2.34. The minimum absolute atomic E-state index is 0.151. The smallest absolute Gasteiger partial charge is 0.253 e. The first kappa shape index (κ1) is 31.5. The quantitative estimate of drug-likeness (QED) is 0.292. The molecule has 0 spiro atoms. The molecule has 9 nitrogen and oxygen atoms in total. The van der Waals surface area contributed by atoms with E-state index in [-0.39, 0.29) is 24.3 Å². The molecule has 2 aromatic carbocycles. The number of carbonyl (C=O) groups excluding carboxylic acids is 3. The van der Waals surface area contributed by atoms with Crippen LogP contribution < -0.4 is 10.6 Å². The average Bonchev–Trinajstić information content (AvgIpc) is 2.91. The van der Waals surface area contributed by atoms with Gasteiger partial charge in [0.1, 0.15) is 12.2 Å². The zero-order chi connectivity index (χ0) is 28.9. The van der Waals surface area contributed by atoms with Crippen molar-refractivity contribution in [2.24, 2.45) is 0 Å². The van der Waals surface area contributed by atoms with E-state index in [1.54, 1.807) is 30.0 Å². The maximum Gasteiger partial charge on any atom is 0.253 e. The summed E-state index contributed by atoms with van der Waals surface area (Å²) in [4.78, 5) is 40.0. The fourth-order valence-electron chi connectivity index (χ4n) is 4.54. The Morgan fingerprint density at radius 2 is 1.51 bits per heavy atom. The van der Waals surface area contributed by atoms with Crippen LogP contribution in [-0.2, 0) is 11.2 Å². The van der Waals surface area contributed by atoms with Gasteiger partial charge in [0.05, 0.1) is 24.6 Å². The second-order valence-corrected chi connectivity index (χ2v) is 9.80. The van der Waals surface area contributed by atoms with Crippen LogP contribution in [0.15, 0.2) is 48.5 Å². The number of hydrogen-bond acceptors (Lipinski definition) is 6. The number of nitrogens with one attached hydrogen (secondary N) is 2. The second kappa shape index (κ2) is 15.6. The van der Waals surface area contributed by atoms with Crippen molar-refractivity contribution in [2.45, 2.75) is 77.7 Å². The van der Waals surface area contributed by atoms with Gasteiger partial charge in [-0.15, -0.1) is 0 Å². The minimum atomic E-state index is -1.52. The molecule has 0 aromatic heterocycles. The predicted octanol–water partition coefficient (Wildman–Crippen LogP) is 2.74. The van der Waals surface area contributed by atoms with Gasteiger partial charge >= 0.3 is 0 Å². The lowest BCUT2D eigenvalue weighted by molar-refractivity contribution is -0.121. The summed E-state index contributed by atoms with van der Waals surface area (Å²) in [5, 5.41) is 36.5. The van der Waals surface area contributed by atoms with Crippen LogP contribution in [0.1, 0.15) is 71.9 Å². The summed E-state index contributed by atoms with van der Waals surface area (Å²) in [6, 6.07) is 14.0. The molecule has 0 aliphatic heterocycles. The van der Waals surface area contributed by atoms with Gasteiger partial charge in [0.25, 0.3) is 11.8 Å². The van der Waals surface area contributed by atoms with Gasteiger partial charge in [0, 0.05) is 31.1 Å². The highest BCUT2D eigenvalue weighted by atomic mass is 16.3. The summed E-state index contributed by atoms with van der Waals surface area (Å²) < 4.78 is 0. The molecule has 0 bridgehead atoms. The molecular formula is C30H40N4O5. The monoisotopic (exact) mass is 536 g/mol. The molecule has 4 unspecified atom stereocenters. The molecule has 39 heavy (non-hydrogen) atoms. The number of nitrogens with zero attached hydrogens (tertiary/aromatic N) is 2. The molecule has 0 aliphatic rings. The van der Waals surface area contributed by atoms with E-state index < -0.39 is 36.1 Å². The molecule has 2 aromatic rings. The molecule has 0 radical (unpaired) electrons. The highest BCUT2D eigenvalue weighted by molar-refractivity contribution is 6.00.